The van der Waals surface area contributed by atoms with E-state index in [1.807, 2.05) is 91.0 Å². The highest BCUT2D eigenvalue weighted by atomic mass is 32.2. The second-order valence-corrected chi connectivity index (χ2v) is 16.0. The Balaban J connectivity index is 1.34. The molecule has 50 heavy (non-hydrogen) atoms. The summed E-state index contributed by atoms with van der Waals surface area (Å²) in [5.41, 5.74) is 6.91. The van der Waals surface area contributed by atoms with Gasteiger partial charge in [-0.15, -0.1) is 0 Å². The molecule has 2 amide bonds. The fourth-order valence-electron chi connectivity index (χ4n) is 7.92. The van der Waals surface area contributed by atoms with Gasteiger partial charge in [-0.25, -0.2) is 18.4 Å². The van der Waals surface area contributed by atoms with Crippen molar-refractivity contribution in [1.82, 2.24) is 14.5 Å². The first-order valence-electron chi connectivity index (χ1n) is 17.7. The molecule has 1 unspecified atom stereocenters. The number of aryl methyl sites for hydroxylation is 2. The smallest absolute Gasteiger partial charge is 0.331 e. The minimum atomic E-state index is -3.80. The van der Waals surface area contributed by atoms with Crippen molar-refractivity contribution < 1.29 is 13.7 Å². The van der Waals surface area contributed by atoms with Gasteiger partial charge >= 0.3 is 6.03 Å². The molecule has 2 heterocycles. The lowest BCUT2D eigenvalue weighted by Gasteiger charge is -2.34. The number of hydrogen-bond acceptors (Lipinski definition) is 5. The Morgan fingerprint density at radius 2 is 1.42 bits per heavy atom. The van der Waals surface area contributed by atoms with Gasteiger partial charge in [-0.3, -0.25) is 0 Å². The van der Waals surface area contributed by atoms with Crippen molar-refractivity contribution in [3.63, 3.8) is 0 Å². The number of benzene rings is 4. The number of nitrogens with one attached hydrogen (secondary N) is 2. The fourth-order valence-corrected chi connectivity index (χ4v) is 9.77. The van der Waals surface area contributed by atoms with E-state index < -0.39 is 21.5 Å². The Hall–Kier alpha value is -4.89. The lowest BCUT2D eigenvalue weighted by Crippen LogP contribution is -2.39. The molecule has 1 aliphatic heterocycles. The Bertz CT molecular complexity index is 2050. The second-order valence-electron chi connectivity index (χ2n) is 14.1. The van der Waals surface area contributed by atoms with Crippen LogP contribution < -0.4 is 14.8 Å². The molecule has 9 heteroatoms. The molecule has 0 saturated carbocycles. The lowest BCUT2D eigenvalue weighted by molar-refractivity contribution is 0.0783. The number of fused-ring (bicyclic) bond motifs is 3. The number of nitrogens with zero attached hydrogens (tertiary/aromatic N) is 3. The van der Waals surface area contributed by atoms with Crippen LogP contribution in [0.25, 0.3) is 0 Å². The molecule has 0 saturated heterocycles. The van der Waals surface area contributed by atoms with Gasteiger partial charge in [0.05, 0.1) is 19.3 Å². The SMILES string of the molecule is CC[C@]1(C)COc2c(S(=O)(=NC(c3ccccc3)(c3ccccc3)c3ccccc3)NC(=O)Nc3c4c(cc5c3CCC5)CCC4)cnn2C1. The summed E-state index contributed by atoms with van der Waals surface area (Å²) in [5.74, 6) is 0.370. The zero-order chi connectivity index (χ0) is 34.3. The average Bonchev–Trinajstić information content (AvgIpc) is 3.92. The van der Waals surface area contributed by atoms with Crippen molar-refractivity contribution in [3.8, 4) is 5.88 Å². The molecule has 8 rings (SSSR count). The number of rotatable bonds is 8. The molecule has 1 aromatic heterocycles. The number of carbonyl (C=O) groups excluding carboxylic acids is 1. The molecular weight excluding hydrogens is 643 g/mol. The molecule has 2 N–H and O–H groups in total. The zero-order valence-electron chi connectivity index (χ0n) is 28.7. The van der Waals surface area contributed by atoms with E-state index in [0.29, 0.717) is 19.0 Å². The van der Waals surface area contributed by atoms with E-state index in [0.717, 1.165) is 67.3 Å². The third kappa shape index (κ3) is 5.57. The highest BCUT2D eigenvalue weighted by molar-refractivity contribution is 7.92. The maximum Gasteiger partial charge on any atom is 0.331 e. The molecule has 0 fully saturated rings. The minimum absolute atomic E-state index is 0.130. The summed E-state index contributed by atoms with van der Waals surface area (Å²) in [4.78, 5) is 14.7. The van der Waals surface area contributed by atoms with Crippen LogP contribution in [-0.4, -0.2) is 26.6 Å². The van der Waals surface area contributed by atoms with Crippen molar-refractivity contribution in [2.75, 3.05) is 11.9 Å². The van der Waals surface area contributed by atoms with Crippen molar-refractivity contribution in [2.24, 2.45) is 9.78 Å². The van der Waals surface area contributed by atoms with E-state index in [1.165, 1.54) is 22.3 Å². The molecule has 2 aliphatic carbocycles. The molecule has 2 atom stereocenters. The number of carbonyl (C=O) groups is 1. The molecule has 0 bridgehead atoms. The number of ether oxygens (including phenoxy) is 1. The maximum absolute atomic E-state index is 16.1. The second kappa shape index (κ2) is 12.8. The normalized spacial score (nSPS) is 19.0. The third-order valence-corrected chi connectivity index (χ3v) is 12.7. The lowest BCUT2D eigenvalue weighted by atomic mass is 9.78. The van der Waals surface area contributed by atoms with Crippen LogP contribution in [0.15, 0.2) is 113 Å². The van der Waals surface area contributed by atoms with Crippen molar-refractivity contribution in [3.05, 3.63) is 142 Å². The van der Waals surface area contributed by atoms with Crippen LogP contribution in [0, 0.1) is 5.41 Å². The van der Waals surface area contributed by atoms with Gasteiger partial charge in [0, 0.05) is 11.1 Å². The van der Waals surface area contributed by atoms with Crippen LogP contribution in [0.4, 0.5) is 10.5 Å². The van der Waals surface area contributed by atoms with E-state index in [9.17, 15) is 4.79 Å². The van der Waals surface area contributed by atoms with E-state index in [4.69, 9.17) is 9.10 Å². The van der Waals surface area contributed by atoms with Gasteiger partial charge in [0.1, 0.15) is 10.4 Å². The molecule has 4 aromatic carbocycles. The fraction of sp³-hybridized carbons (Fsp3) is 0.317. The summed E-state index contributed by atoms with van der Waals surface area (Å²) in [6.07, 6.45) is 8.43. The van der Waals surface area contributed by atoms with Crippen LogP contribution in [0.2, 0.25) is 0 Å². The van der Waals surface area contributed by atoms with E-state index in [1.54, 1.807) is 10.9 Å². The van der Waals surface area contributed by atoms with Gasteiger partial charge < -0.3 is 10.1 Å². The summed E-state index contributed by atoms with van der Waals surface area (Å²) in [7, 11) is -3.80. The molecular formula is C41H43N5O3S. The molecule has 3 aliphatic rings. The Morgan fingerprint density at radius 3 is 1.94 bits per heavy atom. The van der Waals surface area contributed by atoms with Gasteiger partial charge in [0.15, 0.2) is 9.92 Å². The molecule has 8 nitrogen and oxygen atoms in total. The summed E-state index contributed by atoms with van der Waals surface area (Å²) >= 11 is 0. The summed E-state index contributed by atoms with van der Waals surface area (Å²) in [6.45, 7) is 5.33. The number of amides is 2. The molecule has 5 aromatic rings. The topological polar surface area (TPSA) is 97.6 Å². The number of anilines is 1. The highest BCUT2D eigenvalue weighted by Crippen LogP contribution is 2.44. The van der Waals surface area contributed by atoms with E-state index in [-0.39, 0.29) is 10.3 Å². The van der Waals surface area contributed by atoms with Crippen LogP contribution in [0.1, 0.15) is 72.1 Å². The Labute approximate surface area is 294 Å². The van der Waals surface area contributed by atoms with E-state index >= 15 is 4.21 Å². The summed E-state index contributed by atoms with van der Waals surface area (Å²) in [6, 6.07) is 31.4. The van der Waals surface area contributed by atoms with Crippen molar-refractivity contribution in [1.29, 1.82) is 0 Å². The Morgan fingerprint density at radius 1 is 0.880 bits per heavy atom. The molecule has 0 spiro atoms. The first-order chi connectivity index (χ1) is 24.3. The third-order valence-electron chi connectivity index (χ3n) is 10.8. The number of hydrogen-bond donors (Lipinski definition) is 2. The number of aromatic nitrogens is 2. The zero-order valence-corrected chi connectivity index (χ0v) is 29.5. The van der Waals surface area contributed by atoms with E-state index in [2.05, 4.69) is 35.1 Å². The highest BCUT2D eigenvalue weighted by Gasteiger charge is 2.42. The predicted molar refractivity (Wildman–Crippen MR) is 197 cm³/mol. The summed E-state index contributed by atoms with van der Waals surface area (Å²) in [5, 5.41) is 7.89. The minimum Gasteiger partial charge on any atom is -0.476 e. The van der Waals surface area contributed by atoms with Gasteiger partial charge in [0.2, 0.25) is 5.88 Å². The van der Waals surface area contributed by atoms with Crippen LogP contribution in [-0.2, 0) is 47.7 Å². The van der Waals surface area contributed by atoms with Gasteiger partial charge in [0.25, 0.3) is 0 Å². The average molecular weight is 686 g/mol. The maximum atomic E-state index is 16.1. The van der Waals surface area contributed by atoms with Gasteiger partial charge in [-0.05, 0) is 83.9 Å². The Kier molecular flexibility index (Phi) is 8.26. The van der Waals surface area contributed by atoms with Crippen molar-refractivity contribution in [2.45, 2.75) is 75.8 Å². The number of urea groups is 1. The van der Waals surface area contributed by atoms with Gasteiger partial charge in [-0.1, -0.05) is 111 Å². The van der Waals surface area contributed by atoms with Gasteiger partial charge in [-0.2, -0.15) is 9.46 Å². The first kappa shape index (κ1) is 32.3. The van der Waals surface area contributed by atoms with Crippen molar-refractivity contribution >= 4 is 21.6 Å². The molecule has 256 valence electrons. The first-order valence-corrected chi connectivity index (χ1v) is 19.2. The predicted octanol–water partition coefficient (Wildman–Crippen LogP) is 8.22. The standard InChI is InChI=1S/C41H43N5O3S/c1-3-40(2)27-46-38(49-28-40)36(26-42-46)50(48,44-39(47)43-37-34-23-13-15-29(34)25-30-16-14-24-35(30)37)45-41(31-17-7-4-8-18-31,32-19-9-5-10-20-32)33-21-11-6-12-22-33/h4-12,17-22,25-26H,3,13-16,23-24,27-28H2,1-2H3,(H2,43,44,45,47,48)/t40-,50?/m0/s1. The van der Waals surface area contributed by atoms with Crippen LogP contribution >= 0.6 is 0 Å². The molecule has 0 radical (unpaired) electrons. The van der Waals surface area contributed by atoms with Crippen LogP contribution in [0.3, 0.4) is 0 Å². The monoisotopic (exact) mass is 685 g/mol. The summed E-state index contributed by atoms with van der Waals surface area (Å²) < 4.78 is 32.6. The van der Waals surface area contributed by atoms with Crippen LogP contribution in [0.5, 0.6) is 5.88 Å². The largest absolute Gasteiger partial charge is 0.476 e. The quantitative estimate of drug-likeness (QED) is 0.161.